The van der Waals surface area contributed by atoms with Gasteiger partial charge in [-0.1, -0.05) is 0 Å². The first kappa shape index (κ1) is 28.7. The Kier molecular flexibility index (Phi) is 12.5. The molecule has 0 N–H and O–H groups in total. The Labute approximate surface area is 212 Å². The fourth-order valence-corrected chi connectivity index (χ4v) is 20.7. The third-order valence-electron chi connectivity index (χ3n) is 7.35. The van der Waals surface area contributed by atoms with Gasteiger partial charge >= 0.3 is 201 Å². The Balaban J connectivity index is 2.01. The summed E-state index contributed by atoms with van der Waals surface area (Å²) in [5, 5.41) is 2.21. The summed E-state index contributed by atoms with van der Waals surface area (Å²) in [5.41, 5.74) is 0.990. The van der Waals surface area contributed by atoms with Gasteiger partial charge in [0.05, 0.1) is 7.11 Å². The van der Waals surface area contributed by atoms with E-state index in [1.165, 1.54) is 55.4 Å². The van der Waals surface area contributed by atoms with E-state index in [2.05, 4.69) is 39.5 Å². The van der Waals surface area contributed by atoms with Gasteiger partial charge < -0.3 is 4.74 Å². The van der Waals surface area contributed by atoms with E-state index in [-0.39, 0.29) is 11.9 Å². The van der Waals surface area contributed by atoms with Gasteiger partial charge in [0.25, 0.3) is 0 Å². The predicted molar refractivity (Wildman–Crippen MR) is 149 cm³/mol. The van der Waals surface area contributed by atoms with Crippen LogP contribution >= 0.6 is 0 Å². The van der Waals surface area contributed by atoms with Crippen molar-refractivity contribution in [3.05, 3.63) is 52.1 Å². The molecule has 3 nitrogen and oxygen atoms in total. The number of rotatable bonds is 16. The fourth-order valence-electron chi connectivity index (χ4n) is 4.89. The Bertz CT molecular complexity index is 899. The van der Waals surface area contributed by atoms with E-state index in [0.717, 1.165) is 28.5 Å². The van der Waals surface area contributed by atoms with Crippen molar-refractivity contribution in [2.24, 2.45) is 0 Å². The van der Waals surface area contributed by atoms with E-state index < -0.39 is 18.4 Å². The molecule has 0 amide bonds. The number of carbonyl (C=O) groups excluding carboxylic acids is 1. The fraction of sp³-hybridized carbons (Fsp3) is 0.567. The van der Waals surface area contributed by atoms with Gasteiger partial charge in [-0.25, -0.2) is 0 Å². The summed E-state index contributed by atoms with van der Waals surface area (Å²) in [6, 6.07) is 12.2. The van der Waals surface area contributed by atoms with E-state index in [4.69, 9.17) is 9.47 Å². The monoisotopic (exact) mass is 574 g/mol. The van der Waals surface area contributed by atoms with Gasteiger partial charge in [0, 0.05) is 0 Å². The molecule has 188 valence electrons. The molecule has 0 unspecified atom stereocenters. The first-order chi connectivity index (χ1) is 16.4. The molecule has 2 aromatic rings. The molecule has 2 rings (SSSR count). The van der Waals surface area contributed by atoms with Crippen molar-refractivity contribution in [1.29, 1.82) is 0 Å². The molecule has 0 fully saturated rings. The van der Waals surface area contributed by atoms with Crippen LogP contribution in [0.4, 0.5) is 0 Å². The zero-order chi connectivity index (χ0) is 25.0. The standard InChI is InChI=1S/C18H19O3.3C4H9.Sn/c1-4-5-10-21-18(19)13(2)14-6-7-16-12-17(20-3)9-8-15(16)11-14;3*1-3-4-2;/h6-9,11-13H,1,5,10H2,2-3H3;3*1,3-4H2,2H3;/t13-;;;;/m0..../s1. The number of unbranched alkanes of at least 4 members (excludes halogenated alkanes) is 3. The number of carbonyl (C=O) groups is 1. The average Bonchev–Trinajstić information content (AvgIpc) is 2.87. The van der Waals surface area contributed by atoms with Gasteiger partial charge in [0.1, 0.15) is 0 Å². The summed E-state index contributed by atoms with van der Waals surface area (Å²) >= 11 is -2.46. The van der Waals surface area contributed by atoms with Crippen molar-refractivity contribution in [3.8, 4) is 5.75 Å². The molecule has 2 aromatic carbocycles. The van der Waals surface area contributed by atoms with Crippen molar-refractivity contribution < 1.29 is 14.3 Å². The SMILES string of the molecule is C=[C](CCOC(=O)[C@@H](C)c1ccc2cc(OC)ccc2c1)[Sn]([CH2]CCC)([CH2]CCC)[CH2]CCC. The number of benzene rings is 2. The first-order valence-corrected chi connectivity index (χ1v) is 20.8. The Hall–Kier alpha value is -1.49. The zero-order valence-electron chi connectivity index (χ0n) is 22.3. The molecule has 0 bridgehead atoms. The third-order valence-corrected chi connectivity index (χ3v) is 23.6. The normalized spacial score (nSPS) is 12.5. The number of ether oxygens (including phenoxy) is 2. The Morgan fingerprint density at radius 2 is 1.47 bits per heavy atom. The predicted octanol–water partition coefficient (Wildman–Crippen LogP) is 8.83. The van der Waals surface area contributed by atoms with Crippen LogP contribution in [0.2, 0.25) is 13.3 Å². The first-order valence-electron chi connectivity index (χ1n) is 13.3. The number of fused-ring (bicyclic) bond motifs is 1. The van der Waals surface area contributed by atoms with Crippen molar-refractivity contribution in [1.82, 2.24) is 0 Å². The van der Waals surface area contributed by atoms with E-state index in [9.17, 15) is 4.79 Å². The van der Waals surface area contributed by atoms with E-state index in [0.29, 0.717) is 6.61 Å². The molecular formula is C30H46O3Sn. The molecular weight excluding hydrogens is 527 g/mol. The minimum atomic E-state index is -2.46. The van der Waals surface area contributed by atoms with Crippen molar-refractivity contribution in [2.45, 2.75) is 91.9 Å². The Morgan fingerprint density at radius 1 is 0.912 bits per heavy atom. The molecule has 0 aliphatic carbocycles. The molecule has 0 aromatic heterocycles. The summed E-state index contributed by atoms with van der Waals surface area (Å²) in [7, 11) is 1.67. The van der Waals surface area contributed by atoms with Gasteiger partial charge in [0.15, 0.2) is 0 Å². The quantitative estimate of drug-likeness (QED) is 0.149. The van der Waals surface area contributed by atoms with Crippen molar-refractivity contribution in [2.75, 3.05) is 13.7 Å². The second kappa shape index (κ2) is 14.8. The summed E-state index contributed by atoms with van der Waals surface area (Å²) < 4.78 is 16.8. The van der Waals surface area contributed by atoms with Crippen molar-refractivity contribution in [3.63, 3.8) is 0 Å². The summed E-state index contributed by atoms with van der Waals surface area (Å²) in [5.74, 6) is 0.414. The van der Waals surface area contributed by atoms with E-state index >= 15 is 0 Å². The molecule has 0 aliphatic heterocycles. The van der Waals surface area contributed by atoms with Crippen LogP contribution in [0.3, 0.4) is 0 Å². The van der Waals surface area contributed by atoms with Crippen LogP contribution in [0.25, 0.3) is 10.8 Å². The molecule has 0 aliphatic rings. The topological polar surface area (TPSA) is 35.5 Å². The minimum absolute atomic E-state index is 0.142. The van der Waals surface area contributed by atoms with E-state index in [1.54, 1.807) is 7.11 Å². The molecule has 34 heavy (non-hydrogen) atoms. The van der Waals surface area contributed by atoms with Crippen LogP contribution < -0.4 is 4.74 Å². The molecule has 0 radical (unpaired) electrons. The molecule has 1 atom stereocenters. The van der Waals surface area contributed by atoms with Gasteiger partial charge in [0.2, 0.25) is 0 Å². The number of hydrogen-bond donors (Lipinski definition) is 0. The molecule has 0 saturated heterocycles. The second-order valence-corrected chi connectivity index (χ2v) is 23.4. The average molecular weight is 573 g/mol. The van der Waals surface area contributed by atoms with Gasteiger partial charge in [-0.15, -0.1) is 0 Å². The molecule has 4 heteroatoms. The van der Waals surface area contributed by atoms with Crippen LogP contribution in [-0.2, 0) is 9.53 Å². The molecule has 0 spiro atoms. The Morgan fingerprint density at radius 3 is 2.03 bits per heavy atom. The summed E-state index contributed by atoms with van der Waals surface area (Å²) in [4.78, 5) is 12.9. The molecule has 0 heterocycles. The van der Waals surface area contributed by atoms with Crippen LogP contribution in [0.15, 0.2) is 46.6 Å². The summed E-state index contributed by atoms with van der Waals surface area (Å²) in [6.45, 7) is 13.9. The second-order valence-electron chi connectivity index (χ2n) is 9.81. The van der Waals surface area contributed by atoms with Crippen LogP contribution in [0, 0.1) is 0 Å². The van der Waals surface area contributed by atoms with Crippen LogP contribution in [0.5, 0.6) is 5.75 Å². The van der Waals surface area contributed by atoms with E-state index in [1.807, 2.05) is 31.2 Å². The number of hydrogen-bond acceptors (Lipinski definition) is 3. The van der Waals surface area contributed by atoms with Gasteiger partial charge in [-0.2, -0.15) is 0 Å². The zero-order valence-corrected chi connectivity index (χ0v) is 25.1. The van der Waals surface area contributed by atoms with Gasteiger partial charge in [-0.3, -0.25) is 0 Å². The molecule has 0 saturated carbocycles. The number of esters is 1. The maximum atomic E-state index is 12.9. The van der Waals surface area contributed by atoms with Gasteiger partial charge in [-0.05, 0) is 0 Å². The van der Waals surface area contributed by atoms with Crippen molar-refractivity contribution >= 4 is 35.1 Å². The third kappa shape index (κ3) is 8.03. The maximum absolute atomic E-state index is 12.9. The van der Waals surface area contributed by atoms with Crippen LogP contribution in [0.1, 0.15) is 84.1 Å². The summed E-state index contributed by atoms with van der Waals surface area (Å²) in [6.07, 6.45) is 8.61. The number of methoxy groups -OCH3 is 1. The van der Waals surface area contributed by atoms with Crippen LogP contribution in [-0.4, -0.2) is 38.1 Å².